The number of thiazole rings is 1. The normalized spacial score (nSPS) is 13.4. The Balaban J connectivity index is 2.15. The van der Waals surface area contributed by atoms with E-state index in [9.17, 15) is 0 Å². The van der Waals surface area contributed by atoms with Crippen molar-refractivity contribution in [1.29, 1.82) is 0 Å². The first-order chi connectivity index (χ1) is 8.33. The molecule has 84 valence electrons. The Morgan fingerprint density at radius 2 is 2.00 bits per heavy atom. The van der Waals surface area contributed by atoms with Crippen LogP contribution in [0.2, 0.25) is 0 Å². The standard InChI is InChI=1S/C13H11N3S/c14-10-3-1-9(2-4-10)13-16-11-5-7-15-8-6-12(11)17-13/h1-6,8H,7,14H2. The molecule has 1 aliphatic heterocycles. The Bertz CT molecular complexity index is 680. The van der Waals surface area contributed by atoms with Crippen molar-refractivity contribution in [2.75, 3.05) is 12.3 Å². The Hall–Kier alpha value is -1.94. The van der Waals surface area contributed by atoms with Gasteiger partial charge >= 0.3 is 0 Å². The second-order valence-corrected chi connectivity index (χ2v) is 4.81. The molecule has 0 bridgehead atoms. The molecule has 4 heteroatoms. The van der Waals surface area contributed by atoms with Crippen LogP contribution in [0.25, 0.3) is 22.7 Å². The van der Waals surface area contributed by atoms with Crippen LogP contribution in [-0.4, -0.2) is 17.7 Å². The smallest absolute Gasteiger partial charge is 0.124 e. The van der Waals surface area contributed by atoms with E-state index in [1.165, 1.54) is 0 Å². The minimum absolute atomic E-state index is 0.703. The molecule has 1 aromatic carbocycles. The maximum Gasteiger partial charge on any atom is 0.124 e. The molecule has 0 fully saturated rings. The fourth-order valence-electron chi connectivity index (χ4n) is 1.68. The fraction of sp³-hybridized carbons (Fsp3) is 0.0769. The lowest BCUT2D eigenvalue weighted by Gasteiger charge is -1.95. The third-order valence-corrected chi connectivity index (χ3v) is 3.65. The van der Waals surface area contributed by atoms with Crippen LogP contribution < -0.4 is 15.6 Å². The largest absolute Gasteiger partial charge is 0.399 e. The summed E-state index contributed by atoms with van der Waals surface area (Å²) in [7, 11) is 0. The highest BCUT2D eigenvalue weighted by atomic mass is 32.1. The maximum atomic E-state index is 5.68. The average molecular weight is 241 g/mol. The van der Waals surface area contributed by atoms with E-state index in [0.29, 0.717) is 6.54 Å². The fourth-order valence-corrected chi connectivity index (χ4v) is 2.65. The molecule has 0 saturated heterocycles. The van der Waals surface area contributed by atoms with E-state index >= 15 is 0 Å². The van der Waals surface area contributed by atoms with Crippen molar-refractivity contribution >= 4 is 35.4 Å². The predicted molar refractivity (Wildman–Crippen MR) is 73.5 cm³/mol. The summed E-state index contributed by atoms with van der Waals surface area (Å²) < 4.78 is 1.16. The molecular formula is C13H11N3S. The van der Waals surface area contributed by atoms with Gasteiger partial charge in [-0.3, -0.25) is 4.99 Å². The number of aromatic nitrogens is 1. The van der Waals surface area contributed by atoms with Crippen molar-refractivity contribution in [3.05, 3.63) is 34.1 Å². The number of hydrogen-bond donors (Lipinski definition) is 1. The molecule has 1 aromatic heterocycles. The van der Waals surface area contributed by atoms with Crippen molar-refractivity contribution in [3.8, 4) is 10.6 Å². The topological polar surface area (TPSA) is 51.3 Å². The van der Waals surface area contributed by atoms with Gasteiger partial charge in [-0.15, -0.1) is 11.3 Å². The van der Waals surface area contributed by atoms with Crippen LogP contribution in [-0.2, 0) is 0 Å². The molecular weight excluding hydrogens is 230 g/mol. The van der Waals surface area contributed by atoms with Crippen molar-refractivity contribution < 1.29 is 0 Å². The molecule has 0 aliphatic carbocycles. The maximum absolute atomic E-state index is 5.68. The number of aliphatic imine (C=N–C) groups is 1. The Kier molecular flexibility index (Phi) is 2.49. The van der Waals surface area contributed by atoms with Crippen LogP contribution in [0.3, 0.4) is 0 Å². The number of rotatable bonds is 1. The average Bonchev–Trinajstić information content (AvgIpc) is 2.62. The van der Waals surface area contributed by atoms with Crippen molar-refractivity contribution in [3.63, 3.8) is 0 Å². The summed E-state index contributed by atoms with van der Waals surface area (Å²) in [6.45, 7) is 0.703. The van der Waals surface area contributed by atoms with Crippen molar-refractivity contribution in [1.82, 2.24) is 4.98 Å². The minimum Gasteiger partial charge on any atom is -0.399 e. The quantitative estimate of drug-likeness (QED) is 0.758. The summed E-state index contributed by atoms with van der Waals surface area (Å²) in [5.74, 6) is 0. The minimum atomic E-state index is 0.703. The zero-order valence-electron chi connectivity index (χ0n) is 9.13. The van der Waals surface area contributed by atoms with Gasteiger partial charge in [-0.25, -0.2) is 4.98 Å². The number of nitrogens with zero attached hydrogens (tertiary/aromatic N) is 2. The molecule has 0 atom stereocenters. The predicted octanol–water partition coefficient (Wildman–Crippen LogP) is 1.04. The summed E-state index contributed by atoms with van der Waals surface area (Å²) >= 11 is 1.68. The van der Waals surface area contributed by atoms with Gasteiger partial charge in [0.05, 0.1) is 16.4 Å². The van der Waals surface area contributed by atoms with Crippen LogP contribution in [0, 0.1) is 0 Å². The van der Waals surface area contributed by atoms with E-state index in [2.05, 4.69) is 9.98 Å². The molecule has 0 unspecified atom stereocenters. The highest BCUT2D eigenvalue weighted by molar-refractivity contribution is 7.13. The number of nitrogens with two attached hydrogens (primary N) is 1. The Morgan fingerprint density at radius 3 is 2.82 bits per heavy atom. The molecule has 3 rings (SSSR count). The van der Waals surface area contributed by atoms with E-state index in [-0.39, 0.29) is 0 Å². The monoisotopic (exact) mass is 241 g/mol. The van der Waals surface area contributed by atoms with Gasteiger partial charge < -0.3 is 5.73 Å². The van der Waals surface area contributed by atoms with Gasteiger partial charge in [0, 0.05) is 17.5 Å². The summed E-state index contributed by atoms with van der Waals surface area (Å²) in [5.41, 5.74) is 7.56. The first-order valence-electron chi connectivity index (χ1n) is 5.36. The van der Waals surface area contributed by atoms with Crippen LogP contribution in [0.1, 0.15) is 0 Å². The van der Waals surface area contributed by atoms with Crippen molar-refractivity contribution in [2.24, 2.45) is 4.99 Å². The van der Waals surface area contributed by atoms with Gasteiger partial charge in [-0.2, -0.15) is 0 Å². The van der Waals surface area contributed by atoms with Crippen LogP contribution in [0.4, 0.5) is 5.69 Å². The number of fused-ring (bicyclic) bond motifs is 1. The van der Waals surface area contributed by atoms with E-state index in [0.717, 1.165) is 26.1 Å². The molecule has 0 amide bonds. The molecule has 0 spiro atoms. The highest BCUT2D eigenvalue weighted by Crippen LogP contribution is 2.19. The van der Waals surface area contributed by atoms with Crippen LogP contribution in [0.5, 0.6) is 0 Å². The lowest BCUT2D eigenvalue weighted by atomic mass is 10.2. The molecule has 1 aliphatic rings. The zero-order valence-corrected chi connectivity index (χ0v) is 9.95. The summed E-state index contributed by atoms with van der Waals surface area (Å²) in [6.07, 6.45) is 5.90. The third-order valence-electron chi connectivity index (χ3n) is 2.56. The van der Waals surface area contributed by atoms with Gasteiger partial charge in [-0.05, 0) is 36.4 Å². The highest BCUT2D eigenvalue weighted by Gasteiger charge is 2.03. The second kappa shape index (κ2) is 4.14. The number of benzene rings is 1. The number of hydrogen-bond acceptors (Lipinski definition) is 4. The van der Waals surface area contributed by atoms with Gasteiger partial charge in [-0.1, -0.05) is 0 Å². The second-order valence-electron chi connectivity index (χ2n) is 3.78. The molecule has 2 aromatic rings. The van der Waals surface area contributed by atoms with Gasteiger partial charge in [0.15, 0.2) is 0 Å². The summed E-state index contributed by atoms with van der Waals surface area (Å²) in [6, 6.07) is 7.80. The Morgan fingerprint density at radius 1 is 1.18 bits per heavy atom. The van der Waals surface area contributed by atoms with Crippen LogP contribution in [0.15, 0.2) is 29.3 Å². The van der Waals surface area contributed by atoms with Gasteiger partial charge in [0.2, 0.25) is 0 Å². The van der Waals surface area contributed by atoms with Gasteiger partial charge in [0.25, 0.3) is 0 Å². The molecule has 0 saturated carbocycles. The Labute approximate surface area is 103 Å². The third kappa shape index (κ3) is 1.99. The molecule has 2 N–H and O–H groups in total. The van der Waals surface area contributed by atoms with Crippen molar-refractivity contribution in [2.45, 2.75) is 0 Å². The molecule has 3 nitrogen and oxygen atoms in total. The first kappa shape index (κ1) is 10.2. The summed E-state index contributed by atoms with van der Waals surface area (Å²) in [5, 5.41) is 2.05. The van der Waals surface area contributed by atoms with E-state index in [4.69, 9.17) is 5.73 Å². The lowest BCUT2D eigenvalue weighted by Crippen LogP contribution is -2.20. The lowest BCUT2D eigenvalue weighted by molar-refractivity contribution is 1.26. The summed E-state index contributed by atoms with van der Waals surface area (Å²) in [4.78, 5) is 8.81. The SMILES string of the molecule is Nc1ccc(-c2nc3c(s2)=CC=NCC=3)cc1. The van der Waals surface area contributed by atoms with E-state index < -0.39 is 0 Å². The van der Waals surface area contributed by atoms with Gasteiger partial charge in [0.1, 0.15) is 5.01 Å². The number of nitrogen functional groups attached to an aromatic ring is 1. The number of anilines is 1. The molecule has 0 radical (unpaired) electrons. The molecule has 17 heavy (non-hydrogen) atoms. The molecule has 2 heterocycles. The van der Waals surface area contributed by atoms with E-state index in [1.807, 2.05) is 42.6 Å². The first-order valence-corrected chi connectivity index (χ1v) is 6.18. The van der Waals surface area contributed by atoms with E-state index in [1.54, 1.807) is 11.3 Å². The van der Waals surface area contributed by atoms with Crippen LogP contribution >= 0.6 is 11.3 Å². The zero-order chi connectivity index (χ0) is 11.7.